The van der Waals surface area contributed by atoms with Gasteiger partial charge in [0.05, 0.1) is 5.01 Å². The van der Waals surface area contributed by atoms with Crippen molar-refractivity contribution in [1.82, 2.24) is 9.88 Å². The first-order valence-electron chi connectivity index (χ1n) is 8.17. The molecule has 0 spiro atoms. The van der Waals surface area contributed by atoms with Gasteiger partial charge in [0, 0.05) is 52.0 Å². The molecule has 1 saturated carbocycles. The van der Waals surface area contributed by atoms with Crippen LogP contribution in [0.3, 0.4) is 0 Å². The van der Waals surface area contributed by atoms with Crippen LogP contribution in [-0.2, 0) is 23.9 Å². The Morgan fingerprint density at radius 1 is 1.22 bits per heavy atom. The van der Waals surface area contributed by atoms with Gasteiger partial charge in [0.15, 0.2) is 0 Å². The molecule has 124 valence electrons. The second kappa shape index (κ2) is 7.69. The Morgan fingerprint density at radius 3 is 2.57 bits per heavy atom. The molecule has 1 aromatic heterocycles. The fourth-order valence-corrected chi connectivity index (χ4v) is 4.86. The molecule has 3 rings (SSSR count). The lowest BCUT2D eigenvalue weighted by Gasteiger charge is -2.15. The molecule has 23 heavy (non-hydrogen) atoms. The van der Waals surface area contributed by atoms with Crippen LogP contribution in [0.25, 0.3) is 0 Å². The van der Waals surface area contributed by atoms with Gasteiger partial charge in [-0.3, -0.25) is 9.11 Å². The van der Waals surface area contributed by atoms with E-state index in [-0.39, 0.29) is 0 Å². The summed E-state index contributed by atoms with van der Waals surface area (Å²) in [6.45, 7) is 1.83. The van der Waals surface area contributed by atoms with E-state index in [2.05, 4.69) is 35.3 Å². The number of hydrogen-bond donors (Lipinski definition) is 0. The third kappa shape index (κ3) is 4.49. The summed E-state index contributed by atoms with van der Waals surface area (Å²) in [5.41, 5.74) is 1.25. The minimum Gasteiger partial charge on any atom is -0.297 e. The summed E-state index contributed by atoms with van der Waals surface area (Å²) < 4.78 is 11.4. The van der Waals surface area contributed by atoms with Gasteiger partial charge in [-0.2, -0.15) is 0 Å². The summed E-state index contributed by atoms with van der Waals surface area (Å²) in [6.07, 6.45) is 9.11. The minimum absolute atomic E-state index is 0.710. The van der Waals surface area contributed by atoms with E-state index < -0.39 is 10.8 Å². The largest absolute Gasteiger partial charge is 0.297 e. The smallest absolute Gasteiger partial charge is 0.0959 e. The van der Waals surface area contributed by atoms with E-state index >= 15 is 0 Å². The van der Waals surface area contributed by atoms with Crippen molar-refractivity contribution < 1.29 is 4.21 Å². The van der Waals surface area contributed by atoms with Gasteiger partial charge < -0.3 is 0 Å². The van der Waals surface area contributed by atoms with Crippen molar-refractivity contribution in [3.05, 3.63) is 45.9 Å². The first-order valence-corrected chi connectivity index (χ1v) is 10.5. The SMILES string of the molecule is CN(Cc1ccc([S@@](C)=O)cc1)Cc1cnc(C2CCCC2)s1. The second-order valence-electron chi connectivity index (χ2n) is 6.42. The maximum atomic E-state index is 11.4. The fourth-order valence-electron chi connectivity index (χ4n) is 3.18. The van der Waals surface area contributed by atoms with Crippen molar-refractivity contribution in [3.8, 4) is 0 Å². The summed E-state index contributed by atoms with van der Waals surface area (Å²) >= 11 is 1.88. The van der Waals surface area contributed by atoms with E-state index in [4.69, 9.17) is 0 Å². The van der Waals surface area contributed by atoms with Crippen molar-refractivity contribution in [3.63, 3.8) is 0 Å². The molecule has 0 amide bonds. The molecule has 0 unspecified atom stereocenters. The minimum atomic E-state index is -0.900. The molecule has 1 atom stereocenters. The number of thiazole rings is 1. The maximum Gasteiger partial charge on any atom is 0.0959 e. The van der Waals surface area contributed by atoms with Crippen LogP contribution < -0.4 is 0 Å². The van der Waals surface area contributed by atoms with Crippen LogP contribution in [0.5, 0.6) is 0 Å². The molecular formula is C18H24N2OS2. The van der Waals surface area contributed by atoms with Gasteiger partial charge in [-0.25, -0.2) is 4.98 Å². The predicted octanol–water partition coefficient (Wildman–Crippen LogP) is 4.17. The predicted molar refractivity (Wildman–Crippen MR) is 97.3 cm³/mol. The molecule has 1 heterocycles. The van der Waals surface area contributed by atoms with Gasteiger partial charge in [0.2, 0.25) is 0 Å². The highest BCUT2D eigenvalue weighted by atomic mass is 32.2. The zero-order valence-electron chi connectivity index (χ0n) is 13.8. The fraction of sp³-hybridized carbons (Fsp3) is 0.500. The lowest BCUT2D eigenvalue weighted by atomic mass is 10.1. The van der Waals surface area contributed by atoms with Gasteiger partial charge in [-0.15, -0.1) is 11.3 Å². The van der Waals surface area contributed by atoms with Crippen molar-refractivity contribution in [2.24, 2.45) is 0 Å². The molecule has 1 aliphatic rings. The zero-order valence-corrected chi connectivity index (χ0v) is 15.5. The maximum absolute atomic E-state index is 11.4. The van der Waals surface area contributed by atoms with Gasteiger partial charge in [-0.1, -0.05) is 25.0 Å². The van der Waals surface area contributed by atoms with E-state index in [0.717, 1.165) is 18.0 Å². The molecule has 2 aromatic rings. The van der Waals surface area contributed by atoms with E-state index in [0.29, 0.717) is 5.92 Å². The summed E-state index contributed by atoms with van der Waals surface area (Å²) in [5.74, 6) is 0.710. The number of nitrogens with zero attached hydrogens (tertiary/aromatic N) is 2. The van der Waals surface area contributed by atoms with Gasteiger partial charge >= 0.3 is 0 Å². The second-order valence-corrected chi connectivity index (χ2v) is 8.94. The van der Waals surface area contributed by atoms with Crippen molar-refractivity contribution >= 4 is 22.1 Å². The Morgan fingerprint density at radius 2 is 1.91 bits per heavy atom. The van der Waals surface area contributed by atoms with Crippen molar-refractivity contribution in [1.29, 1.82) is 0 Å². The van der Waals surface area contributed by atoms with Crippen LogP contribution in [0.1, 0.15) is 47.0 Å². The topological polar surface area (TPSA) is 33.2 Å². The molecule has 0 bridgehead atoms. The van der Waals surface area contributed by atoms with Crippen LogP contribution >= 0.6 is 11.3 Å². The van der Waals surface area contributed by atoms with Gasteiger partial charge in [0.1, 0.15) is 0 Å². The van der Waals surface area contributed by atoms with E-state index in [1.165, 1.54) is 41.1 Å². The lowest BCUT2D eigenvalue weighted by molar-refractivity contribution is 0.321. The Kier molecular flexibility index (Phi) is 5.62. The lowest BCUT2D eigenvalue weighted by Crippen LogP contribution is -2.16. The van der Waals surface area contributed by atoms with Crippen molar-refractivity contribution in [2.75, 3.05) is 13.3 Å². The molecule has 1 aliphatic carbocycles. The summed E-state index contributed by atoms with van der Waals surface area (Å²) in [6, 6.07) is 8.07. The number of hydrogen-bond acceptors (Lipinski definition) is 4. The Labute approximate surface area is 145 Å². The first-order chi connectivity index (χ1) is 11.1. The average Bonchev–Trinajstić information content (AvgIpc) is 3.18. The third-order valence-electron chi connectivity index (χ3n) is 4.41. The Bertz CT molecular complexity index is 660. The van der Waals surface area contributed by atoms with Crippen molar-refractivity contribution in [2.45, 2.75) is 49.6 Å². The molecule has 3 nitrogen and oxygen atoms in total. The van der Waals surface area contributed by atoms with Crippen LogP contribution in [0, 0.1) is 0 Å². The zero-order chi connectivity index (χ0) is 16.2. The highest BCUT2D eigenvalue weighted by Crippen LogP contribution is 2.36. The van der Waals surface area contributed by atoms with E-state index in [1.54, 1.807) is 6.26 Å². The first kappa shape index (κ1) is 16.8. The highest BCUT2D eigenvalue weighted by Gasteiger charge is 2.20. The highest BCUT2D eigenvalue weighted by molar-refractivity contribution is 7.84. The molecular weight excluding hydrogens is 324 g/mol. The molecule has 0 N–H and O–H groups in total. The molecule has 0 saturated heterocycles. The Balaban J connectivity index is 1.56. The molecule has 5 heteroatoms. The van der Waals surface area contributed by atoms with Gasteiger partial charge in [-0.05, 0) is 37.6 Å². The molecule has 1 fully saturated rings. The van der Waals surface area contributed by atoms with Gasteiger partial charge in [0.25, 0.3) is 0 Å². The standard InChI is InChI=1S/C18H24N2OS2/c1-20(12-14-7-9-17(10-8-14)23(2)21)13-16-11-19-18(22-16)15-5-3-4-6-15/h7-11,15H,3-6,12-13H2,1-2H3/t23-/m1/s1. The summed E-state index contributed by atoms with van der Waals surface area (Å²) in [4.78, 5) is 9.19. The molecule has 0 aliphatic heterocycles. The summed E-state index contributed by atoms with van der Waals surface area (Å²) in [7, 11) is 1.24. The van der Waals surface area contributed by atoms with E-state index in [9.17, 15) is 4.21 Å². The molecule has 1 aromatic carbocycles. The van der Waals surface area contributed by atoms with Crippen LogP contribution in [0.2, 0.25) is 0 Å². The quantitative estimate of drug-likeness (QED) is 0.785. The monoisotopic (exact) mass is 348 g/mol. The normalized spacial score (nSPS) is 17.0. The Hall–Kier alpha value is -1.04. The van der Waals surface area contributed by atoms with Crippen LogP contribution in [-0.4, -0.2) is 27.4 Å². The number of aromatic nitrogens is 1. The van der Waals surface area contributed by atoms with Crippen LogP contribution in [0.4, 0.5) is 0 Å². The summed E-state index contributed by atoms with van der Waals surface area (Å²) in [5, 5.41) is 1.33. The average molecular weight is 349 g/mol. The van der Waals surface area contributed by atoms with E-state index in [1.807, 2.05) is 23.5 Å². The molecule has 0 radical (unpaired) electrons. The third-order valence-corrected chi connectivity index (χ3v) is 6.49. The number of benzene rings is 1. The number of rotatable bonds is 6. The van der Waals surface area contributed by atoms with Crippen LogP contribution in [0.15, 0.2) is 35.4 Å².